The van der Waals surface area contributed by atoms with Gasteiger partial charge in [-0.3, -0.25) is 0 Å². The zero-order chi connectivity index (χ0) is 8.32. The summed E-state index contributed by atoms with van der Waals surface area (Å²) >= 11 is 0. The van der Waals surface area contributed by atoms with Crippen molar-refractivity contribution in [1.29, 1.82) is 5.26 Å². The van der Waals surface area contributed by atoms with E-state index in [0.29, 0.717) is 5.92 Å². The molecular weight excluding hydrogens is 134 g/mol. The van der Waals surface area contributed by atoms with Gasteiger partial charge in [0.1, 0.15) is 0 Å². The van der Waals surface area contributed by atoms with Gasteiger partial charge in [-0.25, -0.2) is 0 Å². The fourth-order valence-corrected chi connectivity index (χ4v) is 2.24. The van der Waals surface area contributed by atoms with Gasteiger partial charge in [0.2, 0.25) is 0 Å². The predicted octanol–water partition coefficient (Wildman–Crippen LogP) is 3.12. The Hall–Kier alpha value is -0.510. The van der Waals surface area contributed by atoms with Crippen LogP contribution in [0.25, 0.3) is 0 Å². The number of rotatable bonds is 3. The summed E-state index contributed by atoms with van der Waals surface area (Å²) in [6.45, 7) is 4.40. The molecule has 1 nitrogen and oxygen atoms in total. The maximum Gasteiger partial charge on any atom is 0.0692 e. The minimum Gasteiger partial charge on any atom is -0.198 e. The maximum atomic E-state index is 9.02. The topological polar surface area (TPSA) is 23.8 Å². The van der Waals surface area contributed by atoms with E-state index in [1.165, 1.54) is 19.3 Å². The molecule has 0 amide bonds. The molecule has 0 unspecified atom stereocenters. The Morgan fingerprint density at radius 1 is 1.36 bits per heavy atom. The molecule has 1 aliphatic rings. The van der Waals surface area contributed by atoms with E-state index >= 15 is 0 Å². The van der Waals surface area contributed by atoms with Crippen molar-refractivity contribution >= 4 is 0 Å². The van der Waals surface area contributed by atoms with Crippen molar-refractivity contribution in [3.05, 3.63) is 0 Å². The number of nitrogens with zero attached hydrogens (tertiary/aromatic N) is 1. The summed E-state index contributed by atoms with van der Waals surface area (Å²) in [5.74, 6) is 0.654. The van der Waals surface area contributed by atoms with Gasteiger partial charge in [0.15, 0.2) is 0 Å². The van der Waals surface area contributed by atoms with Crippen LogP contribution in [-0.4, -0.2) is 0 Å². The van der Waals surface area contributed by atoms with Crippen molar-refractivity contribution in [1.82, 2.24) is 0 Å². The second-order valence-electron chi connectivity index (χ2n) is 3.63. The fraction of sp³-hybridized carbons (Fsp3) is 0.900. The Balaban J connectivity index is 2.61. The van der Waals surface area contributed by atoms with Gasteiger partial charge in [-0.05, 0) is 18.8 Å². The highest BCUT2D eigenvalue weighted by Gasteiger charge is 2.42. The van der Waals surface area contributed by atoms with Crippen molar-refractivity contribution in [2.75, 3.05) is 0 Å². The first-order valence-electron chi connectivity index (χ1n) is 4.70. The zero-order valence-corrected chi connectivity index (χ0v) is 7.56. The minimum absolute atomic E-state index is 0.0868. The Kier molecular flexibility index (Phi) is 2.54. The van der Waals surface area contributed by atoms with E-state index in [1.54, 1.807) is 0 Å². The number of hydrogen-bond donors (Lipinski definition) is 0. The lowest BCUT2D eigenvalue weighted by Gasteiger charge is -2.41. The van der Waals surface area contributed by atoms with Crippen LogP contribution in [0, 0.1) is 22.7 Å². The van der Waals surface area contributed by atoms with Crippen LogP contribution in [-0.2, 0) is 0 Å². The number of nitriles is 1. The van der Waals surface area contributed by atoms with Crippen molar-refractivity contribution in [3.8, 4) is 6.07 Å². The molecule has 11 heavy (non-hydrogen) atoms. The summed E-state index contributed by atoms with van der Waals surface area (Å²) in [6.07, 6.45) is 5.91. The molecule has 0 radical (unpaired) electrons. The van der Waals surface area contributed by atoms with Crippen LogP contribution >= 0.6 is 0 Å². The second kappa shape index (κ2) is 3.26. The summed E-state index contributed by atoms with van der Waals surface area (Å²) in [5, 5.41) is 9.02. The van der Waals surface area contributed by atoms with Gasteiger partial charge in [-0.2, -0.15) is 5.26 Å². The molecule has 1 aliphatic carbocycles. The van der Waals surface area contributed by atoms with E-state index in [2.05, 4.69) is 19.9 Å². The lowest BCUT2D eigenvalue weighted by atomic mass is 9.60. The SMILES string of the molecule is CCC(CC)C1(C#N)CCC1. The van der Waals surface area contributed by atoms with E-state index < -0.39 is 0 Å². The van der Waals surface area contributed by atoms with Gasteiger partial charge in [0.25, 0.3) is 0 Å². The highest BCUT2D eigenvalue weighted by molar-refractivity contribution is 5.07. The van der Waals surface area contributed by atoms with Crippen LogP contribution in [0.3, 0.4) is 0 Å². The van der Waals surface area contributed by atoms with Gasteiger partial charge >= 0.3 is 0 Å². The van der Waals surface area contributed by atoms with Crippen molar-refractivity contribution in [2.45, 2.75) is 46.0 Å². The largest absolute Gasteiger partial charge is 0.198 e. The summed E-state index contributed by atoms with van der Waals surface area (Å²) in [7, 11) is 0. The molecule has 0 saturated heterocycles. The Labute approximate surface area is 69.4 Å². The highest BCUT2D eigenvalue weighted by Crippen LogP contribution is 2.48. The molecule has 0 aromatic carbocycles. The van der Waals surface area contributed by atoms with Gasteiger partial charge in [0.05, 0.1) is 11.5 Å². The predicted molar refractivity (Wildman–Crippen MR) is 46.0 cm³/mol. The molecule has 1 rings (SSSR count). The van der Waals surface area contributed by atoms with Crippen molar-refractivity contribution < 1.29 is 0 Å². The normalized spacial score (nSPS) is 20.9. The monoisotopic (exact) mass is 151 g/mol. The second-order valence-corrected chi connectivity index (χ2v) is 3.63. The van der Waals surface area contributed by atoms with Crippen LogP contribution in [0.2, 0.25) is 0 Å². The first-order chi connectivity index (χ1) is 5.29. The van der Waals surface area contributed by atoms with Gasteiger partial charge in [0, 0.05) is 0 Å². The quantitative estimate of drug-likeness (QED) is 0.608. The first-order valence-corrected chi connectivity index (χ1v) is 4.70. The first kappa shape index (κ1) is 8.59. The lowest BCUT2D eigenvalue weighted by molar-refractivity contribution is 0.110. The third-order valence-corrected chi connectivity index (χ3v) is 3.24. The zero-order valence-electron chi connectivity index (χ0n) is 7.56. The molecule has 0 heterocycles. The van der Waals surface area contributed by atoms with Crippen LogP contribution in [0.15, 0.2) is 0 Å². The van der Waals surface area contributed by atoms with Crippen LogP contribution in [0.5, 0.6) is 0 Å². The molecule has 0 atom stereocenters. The van der Waals surface area contributed by atoms with Gasteiger partial charge in [-0.15, -0.1) is 0 Å². The van der Waals surface area contributed by atoms with E-state index in [9.17, 15) is 0 Å². The summed E-state index contributed by atoms with van der Waals surface area (Å²) in [4.78, 5) is 0. The molecule has 0 aromatic rings. The third-order valence-electron chi connectivity index (χ3n) is 3.24. The Bertz CT molecular complexity index is 158. The average Bonchev–Trinajstić information content (AvgIpc) is 1.96. The molecular formula is C10H17N. The van der Waals surface area contributed by atoms with Crippen LogP contribution in [0.4, 0.5) is 0 Å². The fourth-order valence-electron chi connectivity index (χ4n) is 2.24. The van der Waals surface area contributed by atoms with E-state index in [1.807, 2.05) is 0 Å². The van der Waals surface area contributed by atoms with Crippen molar-refractivity contribution in [3.63, 3.8) is 0 Å². The van der Waals surface area contributed by atoms with Crippen LogP contribution < -0.4 is 0 Å². The van der Waals surface area contributed by atoms with Gasteiger partial charge < -0.3 is 0 Å². The minimum atomic E-state index is 0.0868. The highest BCUT2D eigenvalue weighted by atomic mass is 14.5. The average molecular weight is 151 g/mol. The standard InChI is InChI=1S/C10H17N/c1-3-9(4-2)10(8-11)6-5-7-10/h9H,3-7H2,1-2H3. The molecule has 0 N–H and O–H groups in total. The molecule has 0 aliphatic heterocycles. The lowest BCUT2D eigenvalue weighted by Crippen LogP contribution is -2.35. The maximum absolute atomic E-state index is 9.02. The molecule has 0 spiro atoms. The molecule has 1 heteroatoms. The summed E-state index contributed by atoms with van der Waals surface area (Å²) < 4.78 is 0. The van der Waals surface area contributed by atoms with E-state index in [-0.39, 0.29) is 5.41 Å². The van der Waals surface area contributed by atoms with Gasteiger partial charge in [-0.1, -0.05) is 33.1 Å². The van der Waals surface area contributed by atoms with Crippen LogP contribution in [0.1, 0.15) is 46.0 Å². The summed E-state index contributed by atoms with van der Waals surface area (Å²) in [5.41, 5.74) is 0.0868. The van der Waals surface area contributed by atoms with E-state index in [0.717, 1.165) is 12.8 Å². The molecule has 1 fully saturated rings. The Morgan fingerprint density at radius 3 is 2.00 bits per heavy atom. The molecule has 0 bridgehead atoms. The van der Waals surface area contributed by atoms with Crippen molar-refractivity contribution in [2.24, 2.45) is 11.3 Å². The smallest absolute Gasteiger partial charge is 0.0692 e. The molecule has 62 valence electrons. The number of hydrogen-bond acceptors (Lipinski definition) is 1. The van der Waals surface area contributed by atoms with E-state index in [4.69, 9.17) is 5.26 Å². The third kappa shape index (κ3) is 1.27. The summed E-state index contributed by atoms with van der Waals surface area (Å²) in [6, 6.07) is 2.52. The molecule has 0 aromatic heterocycles. The molecule has 1 saturated carbocycles. The Morgan fingerprint density at radius 2 is 1.91 bits per heavy atom.